The van der Waals surface area contributed by atoms with Gasteiger partial charge >= 0.3 is 19.9 Å². The monoisotopic (exact) mass is 732 g/mol. The quantitative estimate of drug-likeness (QED) is 0.111. The van der Waals surface area contributed by atoms with Crippen molar-refractivity contribution in [2.45, 2.75) is 64.6 Å². The van der Waals surface area contributed by atoms with Crippen LogP contribution in [-0.2, 0) is 38.3 Å². The molecule has 2 heterocycles. The van der Waals surface area contributed by atoms with E-state index < -0.39 is 49.4 Å². The predicted octanol–water partition coefficient (Wildman–Crippen LogP) is 6.54. The normalized spacial score (nSPS) is 17.7. The van der Waals surface area contributed by atoms with Crippen molar-refractivity contribution in [3.05, 3.63) is 118 Å². The Morgan fingerprint density at radius 3 is 2.00 bits per heavy atom. The number of ether oxygens (including phenoxy) is 4. The van der Waals surface area contributed by atoms with E-state index in [1.165, 1.54) is 16.8 Å². The standard InChI is InChI=1S/C38H42N3O10P/c1-7-33(42)39-32-21-22-41(36(44)40-32)34-23-30(50-52(45)51-35(43)37(2,3)4)31(49-34)24-48-38(25-11-9-8-10-12-25,26-13-17-28(46-5)18-14-26)27-15-19-29(47-6)20-16-27/h8-22,30-31,34H,7,23-24H2,1-6H3/p+1/t30-,31+,34+/m0/s1. The van der Waals surface area contributed by atoms with Crippen LogP contribution in [0.2, 0.25) is 0 Å². The Morgan fingerprint density at radius 2 is 1.48 bits per heavy atom. The van der Waals surface area contributed by atoms with Gasteiger partial charge in [-0.1, -0.05) is 61.5 Å². The summed E-state index contributed by atoms with van der Waals surface area (Å²) in [5.41, 5.74) is -0.486. The largest absolute Gasteiger partial charge is 0.753 e. The summed E-state index contributed by atoms with van der Waals surface area (Å²) in [6, 6.07) is 26.1. The maximum atomic E-state index is 13.2. The first-order chi connectivity index (χ1) is 24.9. The Hall–Kier alpha value is -4.94. The highest BCUT2D eigenvalue weighted by atomic mass is 31.1. The van der Waals surface area contributed by atoms with Gasteiger partial charge in [-0.3, -0.25) is 9.36 Å². The molecule has 3 aromatic carbocycles. The van der Waals surface area contributed by atoms with Gasteiger partial charge < -0.3 is 24.3 Å². The molecular weight excluding hydrogens is 689 g/mol. The number of aromatic nitrogens is 2. The molecule has 0 bridgehead atoms. The molecule has 0 saturated carbocycles. The first-order valence-electron chi connectivity index (χ1n) is 16.8. The molecule has 1 saturated heterocycles. The summed E-state index contributed by atoms with van der Waals surface area (Å²) in [7, 11) is 0.250. The fourth-order valence-corrected chi connectivity index (χ4v) is 6.58. The van der Waals surface area contributed by atoms with E-state index in [1.54, 1.807) is 41.9 Å². The SMILES string of the molecule is CCC(=O)Nc1ccn([C@H]2C[C@H](O[P+](=O)OC(=O)C(C)(C)C)[C@@H](COC(c3ccccc3)(c3ccc(OC)cc3)c3ccc(OC)cc3)O2)c(=O)n1. The third-order valence-corrected chi connectivity index (χ3v) is 9.30. The maximum absolute atomic E-state index is 13.2. The molecule has 13 nitrogen and oxygen atoms in total. The highest BCUT2D eigenvalue weighted by Crippen LogP contribution is 2.44. The molecule has 1 unspecified atom stereocenters. The van der Waals surface area contributed by atoms with Gasteiger partial charge in [0, 0.05) is 23.6 Å². The van der Waals surface area contributed by atoms with Gasteiger partial charge in [0.25, 0.3) is 0 Å². The molecule has 1 amide bonds. The van der Waals surface area contributed by atoms with Gasteiger partial charge in [-0.15, -0.1) is 4.52 Å². The maximum Gasteiger partial charge on any atom is 0.753 e. The van der Waals surface area contributed by atoms with Crippen LogP contribution in [-0.4, -0.2) is 54.5 Å². The van der Waals surface area contributed by atoms with Crippen molar-refractivity contribution in [2.24, 2.45) is 5.41 Å². The highest BCUT2D eigenvalue weighted by molar-refractivity contribution is 7.34. The summed E-state index contributed by atoms with van der Waals surface area (Å²) in [5.74, 6) is 0.413. The Labute approximate surface area is 303 Å². The molecule has 0 aliphatic carbocycles. The third-order valence-electron chi connectivity index (χ3n) is 8.54. The number of hydrogen-bond donors (Lipinski definition) is 1. The fourth-order valence-electron chi connectivity index (χ4n) is 5.68. The summed E-state index contributed by atoms with van der Waals surface area (Å²) in [6.07, 6.45) is -1.09. The van der Waals surface area contributed by atoms with Crippen molar-refractivity contribution in [3.8, 4) is 11.5 Å². The molecule has 1 aliphatic heterocycles. The van der Waals surface area contributed by atoms with Crippen molar-refractivity contribution in [2.75, 3.05) is 26.1 Å². The van der Waals surface area contributed by atoms with Crippen LogP contribution in [0.5, 0.6) is 11.5 Å². The van der Waals surface area contributed by atoms with Crippen molar-refractivity contribution in [3.63, 3.8) is 0 Å². The van der Waals surface area contributed by atoms with Gasteiger partial charge in [0.2, 0.25) is 5.91 Å². The van der Waals surface area contributed by atoms with E-state index in [-0.39, 0.29) is 31.2 Å². The summed E-state index contributed by atoms with van der Waals surface area (Å²) in [4.78, 5) is 41.6. The number of carbonyl (C=O) groups excluding carboxylic acids is 2. The molecule has 14 heteroatoms. The second-order valence-electron chi connectivity index (χ2n) is 13.1. The molecule has 1 N–H and O–H groups in total. The van der Waals surface area contributed by atoms with E-state index in [0.717, 1.165) is 16.7 Å². The zero-order valence-electron chi connectivity index (χ0n) is 29.9. The number of rotatable bonds is 14. The molecule has 1 aliphatic rings. The molecule has 0 spiro atoms. The van der Waals surface area contributed by atoms with Crippen LogP contribution < -0.4 is 20.5 Å². The molecule has 0 radical (unpaired) electrons. The first kappa shape index (κ1) is 38.3. The molecule has 1 fully saturated rings. The van der Waals surface area contributed by atoms with Crippen LogP contribution in [0.25, 0.3) is 0 Å². The van der Waals surface area contributed by atoms with Crippen molar-refractivity contribution >= 4 is 25.9 Å². The van der Waals surface area contributed by atoms with Crippen LogP contribution in [0.3, 0.4) is 0 Å². The molecule has 5 rings (SSSR count). The summed E-state index contributed by atoms with van der Waals surface area (Å²) in [6.45, 7) is 6.47. The predicted molar refractivity (Wildman–Crippen MR) is 192 cm³/mol. The first-order valence-corrected chi connectivity index (χ1v) is 17.9. The Kier molecular flexibility index (Phi) is 12.2. The average molecular weight is 733 g/mol. The summed E-state index contributed by atoms with van der Waals surface area (Å²) < 4.78 is 49.7. The minimum absolute atomic E-state index is 0.0355. The van der Waals surface area contributed by atoms with Crippen molar-refractivity contribution in [1.29, 1.82) is 0 Å². The molecule has 1 aromatic heterocycles. The molecule has 274 valence electrons. The number of nitrogens with zero attached hydrogens (tertiary/aromatic N) is 2. The number of nitrogens with one attached hydrogen (secondary N) is 1. The van der Waals surface area contributed by atoms with Gasteiger partial charge in [0.15, 0.2) is 0 Å². The van der Waals surface area contributed by atoms with E-state index in [0.29, 0.717) is 11.5 Å². The van der Waals surface area contributed by atoms with Gasteiger partial charge in [-0.05, 0) is 67.8 Å². The lowest BCUT2D eigenvalue weighted by molar-refractivity contribution is -0.143. The van der Waals surface area contributed by atoms with Gasteiger partial charge in [-0.2, -0.15) is 9.51 Å². The van der Waals surface area contributed by atoms with E-state index in [1.807, 2.05) is 78.9 Å². The number of carbonyl (C=O) groups is 2. The van der Waals surface area contributed by atoms with E-state index in [9.17, 15) is 18.9 Å². The number of anilines is 1. The molecular formula is C38H43N3O10P+. The van der Waals surface area contributed by atoms with E-state index in [2.05, 4.69) is 10.3 Å². The fraction of sp³-hybridized carbons (Fsp3) is 0.368. The lowest BCUT2D eigenvalue weighted by atomic mass is 9.80. The van der Waals surface area contributed by atoms with E-state index >= 15 is 0 Å². The average Bonchev–Trinajstić information content (AvgIpc) is 3.53. The second kappa shape index (κ2) is 16.6. The zero-order chi connectivity index (χ0) is 37.5. The lowest BCUT2D eigenvalue weighted by Gasteiger charge is -2.37. The van der Waals surface area contributed by atoms with E-state index in [4.69, 9.17) is 28.0 Å². The van der Waals surface area contributed by atoms with Crippen LogP contribution in [0.15, 0.2) is 95.9 Å². The summed E-state index contributed by atoms with van der Waals surface area (Å²) in [5, 5.41) is 2.57. The second-order valence-corrected chi connectivity index (χ2v) is 13.9. The van der Waals surface area contributed by atoms with Crippen LogP contribution in [0.4, 0.5) is 5.82 Å². The molecule has 4 aromatic rings. The number of amides is 1. The van der Waals surface area contributed by atoms with Gasteiger partial charge in [-0.25, -0.2) is 9.59 Å². The minimum Gasteiger partial charge on any atom is -0.497 e. The number of benzene rings is 3. The number of methoxy groups -OCH3 is 2. The summed E-state index contributed by atoms with van der Waals surface area (Å²) >= 11 is 0. The highest BCUT2D eigenvalue weighted by Gasteiger charge is 2.48. The Bertz CT molecular complexity index is 1860. The molecule has 52 heavy (non-hydrogen) atoms. The minimum atomic E-state index is -2.93. The smallest absolute Gasteiger partial charge is 0.497 e. The van der Waals surface area contributed by atoms with Crippen molar-refractivity contribution < 1.29 is 42.1 Å². The topological polar surface area (TPSA) is 154 Å². The molecule has 4 atom stereocenters. The Balaban J connectivity index is 1.53. The van der Waals surface area contributed by atoms with Crippen LogP contribution in [0.1, 0.15) is 63.5 Å². The van der Waals surface area contributed by atoms with Gasteiger partial charge in [0.1, 0.15) is 41.4 Å². The Morgan fingerprint density at radius 1 is 0.904 bits per heavy atom. The van der Waals surface area contributed by atoms with Gasteiger partial charge in [0.05, 0.1) is 26.2 Å². The zero-order valence-corrected chi connectivity index (χ0v) is 30.8. The van der Waals surface area contributed by atoms with Crippen LogP contribution in [0, 0.1) is 5.41 Å². The van der Waals surface area contributed by atoms with Crippen molar-refractivity contribution in [1.82, 2.24) is 9.55 Å². The third kappa shape index (κ3) is 8.74. The lowest BCUT2D eigenvalue weighted by Crippen LogP contribution is -2.38. The number of hydrogen-bond acceptors (Lipinski definition) is 11. The van der Waals surface area contributed by atoms with Crippen LogP contribution >= 0.6 is 8.25 Å².